The lowest BCUT2D eigenvalue weighted by molar-refractivity contribution is 0.205. The number of rotatable bonds is 2. The zero-order chi connectivity index (χ0) is 11.0. The number of nitrogens with one attached hydrogen (secondary N) is 1. The summed E-state index contributed by atoms with van der Waals surface area (Å²) in [5.41, 5.74) is 0.669. The third-order valence-corrected chi connectivity index (χ3v) is 3.48. The molecule has 0 aliphatic carbocycles. The van der Waals surface area contributed by atoms with Crippen LogP contribution in [0.5, 0.6) is 0 Å². The molecule has 2 rings (SSSR count). The maximum atomic E-state index is 13.5. The van der Waals surface area contributed by atoms with Crippen molar-refractivity contribution in [2.45, 2.75) is 6.10 Å². The van der Waals surface area contributed by atoms with Crippen LogP contribution in [0.1, 0.15) is 11.7 Å². The summed E-state index contributed by atoms with van der Waals surface area (Å²) in [6.45, 7) is 0. The van der Waals surface area contributed by atoms with E-state index in [0.29, 0.717) is 15.6 Å². The highest BCUT2D eigenvalue weighted by Gasteiger charge is 2.12. The van der Waals surface area contributed by atoms with Gasteiger partial charge >= 0.3 is 4.87 Å². The van der Waals surface area contributed by atoms with E-state index < -0.39 is 11.9 Å². The zero-order valence-electron chi connectivity index (χ0n) is 7.46. The Morgan fingerprint density at radius 1 is 1.60 bits per heavy atom. The summed E-state index contributed by atoms with van der Waals surface area (Å²) < 4.78 is 14.0. The van der Waals surface area contributed by atoms with E-state index in [0.717, 1.165) is 11.3 Å². The number of aromatic nitrogens is 1. The van der Waals surface area contributed by atoms with E-state index in [9.17, 15) is 14.3 Å². The zero-order valence-corrected chi connectivity index (χ0v) is 9.86. The van der Waals surface area contributed by atoms with Gasteiger partial charge in [0.2, 0.25) is 0 Å². The number of thiazole rings is 1. The van der Waals surface area contributed by atoms with Crippen LogP contribution in [0, 0.1) is 5.82 Å². The molecule has 2 N–H and O–H groups in total. The molecule has 6 heteroatoms. The summed E-state index contributed by atoms with van der Waals surface area (Å²) in [5, 5.41) is 9.85. The van der Waals surface area contributed by atoms with Crippen molar-refractivity contribution in [1.29, 1.82) is 0 Å². The van der Waals surface area contributed by atoms with Gasteiger partial charge in [0.15, 0.2) is 0 Å². The highest BCUT2D eigenvalue weighted by atomic mass is 79.9. The van der Waals surface area contributed by atoms with Crippen LogP contribution in [0.3, 0.4) is 0 Å². The largest absolute Gasteiger partial charge is 0.388 e. The Hall–Kier alpha value is -0.720. The fraction of sp³-hybridized carbons (Fsp3) is 0.222. The number of H-pyrrole nitrogens is 1. The van der Waals surface area contributed by atoms with Gasteiger partial charge in [0, 0.05) is 5.33 Å². The molecule has 0 amide bonds. The quantitative estimate of drug-likeness (QED) is 0.833. The van der Waals surface area contributed by atoms with Crippen LogP contribution < -0.4 is 4.87 Å². The molecule has 0 aliphatic heterocycles. The minimum absolute atomic E-state index is 0.204. The molecular weight excluding hydrogens is 285 g/mol. The predicted molar refractivity (Wildman–Crippen MR) is 61.2 cm³/mol. The first-order chi connectivity index (χ1) is 7.11. The summed E-state index contributed by atoms with van der Waals surface area (Å²) in [6.07, 6.45) is -0.763. The SMILES string of the molecule is O=c1[nH]c2c(F)cc(C(O)CBr)cc2s1. The minimum Gasteiger partial charge on any atom is -0.388 e. The summed E-state index contributed by atoms with van der Waals surface area (Å²) in [7, 11) is 0. The minimum atomic E-state index is -0.763. The van der Waals surface area contributed by atoms with E-state index in [2.05, 4.69) is 20.9 Å². The number of benzene rings is 1. The predicted octanol–water partition coefficient (Wildman–Crippen LogP) is 2.16. The van der Waals surface area contributed by atoms with E-state index in [4.69, 9.17) is 0 Å². The molecule has 0 bridgehead atoms. The number of fused-ring (bicyclic) bond motifs is 1. The lowest BCUT2D eigenvalue weighted by Gasteiger charge is -2.07. The summed E-state index contributed by atoms with van der Waals surface area (Å²) in [4.78, 5) is 13.1. The maximum absolute atomic E-state index is 13.5. The standard InChI is InChI=1S/C9H7BrFNO2S/c10-3-6(13)4-1-5(11)8-7(2-4)15-9(14)12-8/h1-2,6,13H,3H2,(H,12,14). The van der Waals surface area contributed by atoms with Crippen LogP contribution in [0.15, 0.2) is 16.9 Å². The average Bonchev–Trinajstić information content (AvgIpc) is 2.58. The Morgan fingerprint density at radius 3 is 3.00 bits per heavy atom. The Bertz CT molecular complexity index is 551. The van der Waals surface area contributed by atoms with E-state index in [1.807, 2.05) is 0 Å². The van der Waals surface area contributed by atoms with Gasteiger partial charge < -0.3 is 10.1 Å². The Morgan fingerprint density at radius 2 is 2.33 bits per heavy atom. The highest BCUT2D eigenvalue weighted by Crippen LogP contribution is 2.24. The van der Waals surface area contributed by atoms with Gasteiger partial charge in [0.25, 0.3) is 0 Å². The molecule has 0 saturated carbocycles. The third kappa shape index (κ3) is 1.97. The van der Waals surface area contributed by atoms with Crippen LogP contribution in [-0.2, 0) is 0 Å². The third-order valence-electron chi connectivity index (χ3n) is 2.04. The topological polar surface area (TPSA) is 53.1 Å². The molecule has 0 aliphatic rings. The van der Waals surface area contributed by atoms with Gasteiger partial charge in [-0.2, -0.15) is 0 Å². The number of halogens is 2. The molecule has 0 saturated heterocycles. The molecule has 80 valence electrons. The van der Waals surface area contributed by atoms with E-state index in [-0.39, 0.29) is 10.4 Å². The molecule has 1 heterocycles. The van der Waals surface area contributed by atoms with Crippen LogP contribution in [0.4, 0.5) is 4.39 Å². The summed E-state index contributed by atoms with van der Waals surface area (Å²) in [6, 6.07) is 2.85. The Balaban J connectivity index is 2.66. The average molecular weight is 292 g/mol. The van der Waals surface area contributed by atoms with Gasteiger partial charge in [-0.25, -0.2) is 4.39 Å². The first kappa shape index (κ1) is 10.8. The van der Waals surface area contributed by atoms with Crippen LogP contribution in [0.25, 0.3) is 10.2 Å². The second-order valence-electron chi connectivity index (χ2n) is 3.06. The highest BCUT2D eigenvalue weighted by molar-refractivity contribution is 9.09. The van der Waals surface area contributed by atoms with Crippen molar-refractivity contribution >= 4 is 37.5 Å². The van der Waals surface area contributed by atoms with Crippen molar-refractivity contribution in [2.75, 3.05) is 5.33 Å². The molecular formula is C9H7BrFNO2S. The van der Waals surface area contributed by atoms with Crippen molar-refractivity contribution < 1.29 is 9.50 Å². The van der Waals surface area contributed by atoms with E-state index >= 15 is 0 Å². The second kappa shape index (κ2) is 4.03. The number of aromatic amines is 1. The first-order valence-corrected chi connectivity index (χ1v) is 6.12. The van der Waals surface area contributed by atoms with Crippen LogP contribution in [0.2, 0.25) is 0 Å². The van der Waals surface area contributed by atoms with Gasteiger partial charge in [-0.15, -0.1) is 0 Å². The molecule has 0 fully saturated rings. The second-order valence-corrected chi connectivity index (χ2v) is 4.72. The smallest absolute Gasteiger partial charge is 0.305 e. The number of aliphatic hydroxyl groups is 1. The van der Waals surface area contributed by atoms with Crippen molar-refractivity contribution in [3.05, 3.63) is 33.2 Å². The fourth-order valence-electron chi connectivity index (χ4n) is 1.31. The van der Waals surface area contributed by atoms with Gasteiger partial charge in [0.1, 0.15) is 5.82 Å². The van der Waals surface area contributed by atoms with Crippen molar-refractivity contribution in [3.8, 4) is 0 Å². The summed E-state index contributed by atoms with van der Waals surface area (Å²) in [5.74, 6) is -0.513. The van der Waals surface area contributed by atoms with Crippen molar-refractivity contribution in [2.24, 2.45) is 0 Å². The van der Waals surface area contributed by atoms with Gasteiger partial charge in [-0.05, 0) is 17.7 Å². The lowest BCUT2D eigenvalue weighted by atomic mass is 10.1. The van der Waals surface area contributed by atoms with Gasteiger partial charge in [-0.3, -0.25) is 4.79 Å². The Kier molecular flexibility index (Phi) is 2.90. The molecule has 1 unspecified atom stereocenters. The molecule has 0 radical (unpaired) electrons. The van der Waals surface area contributed by atoms with Crippen LogP contribution in [-0.4, -0.2) is 15.4 Å². The summed E-state index contributed by atoms with van der Waals surface area (Å²) >= 11 is 4.04. The molecule has 3 nitrogen and oxygen atoms in total. The number of aliphatic hydroxyl groups excluding tert-OH is 1. The first-order valence-electron chi connectivity index (χ1n) is 4.18. The number of hydrogen-bond donors (Lipinski definition) is 2. The number of alkyl halides is 1. The van der Waals surface area contributed by atoms with Gasteiger partial charge in [-0.1, -0.05) is 27.3 Å². The van der Waals surface area contributed by atoms with Crippen molar-refractivity contribution in [1.82, 2.24) is 4.98 Å². The van der Waals surface area contributed by atoms with E-state index in [1.165, 1.54) is 6.07 Å². The molecule has 15 heavy (non-hydrogen) atoms. The molecule has 0 spiro atoms. The molecule has 2 aromatic rings. The lowest BCUT2D eigenvalue weighted by Crippen LogP contribution is -1.99. The van der Waals surface area contributed by atoms with Gasteiger partial charge in [0.05, 0.1) is 16.3 Å². The normalized spacial score (nSPS) is 13.3. The maximum Gasteiger partial charge on any atom is 0.305 e. The fourth-order valence-corrected chi connectivity index (χ4v) is 2.48. The monoisotopic (exact) mass is 291 g/mol. The molecule has 1 atom stereocenters. The van der Waals surface area contributed by atoms with Crippen LogP contribution >= 0.6 is 27.3 Å². The molecule has 1 aromatic heterocycles. The number of hydrogen-bond acceptors (Lipinski definition) is 3. The van der Waals surface area contributed by atoms with E-state index in [1.54, 1.807) is 6.07 Å². The van der Waals surface area contributed by atoms with Crippen molar-refractivity contribution in [3.63, 3.8) is 0 Å². The molecule has 1 aromatic carbocycles. The Labute approximate surface area is 96.7 Å².